The molecule has 0 saturated carbocycles. The molecule has 0 spiro atoms. The van der Waals surface area contributed by atoms with E-state index in [4.69, 9.17) is 9.47 Å². The molecule has 0 fully saturated rings. The Balaban J connectivity index is 1.88. The van der Waals surface area contributed by atoms with E-state index in [0.29, 0.717) is 18.1 Å². The minimum absolute atomic E-state index is 0.294. The second-order valence-corrected chi connectivity index (χ2v) is 6.00. The number of halogens is 1. The van der Waals surface area contributed by atoms with Crippen LogP contribution in [0.2, 0.25) is 0 Å². The van der Waals surface area contributed by atoms with Crippen LogP contribution in [0.4, 0.5) is 0 Å². The lowest BCUT2D eigenvalue weighted by Gasteiger charge is -2.26. The summed E-state index contributed by atoms with van der Waals surface area (Å²) in [5, 5.41) is 0. The summed E-state index contributed by atoms with van der Waals surface area (Å²) in [6.45, 7) is 0.654. The van der Waals surface area contributed by atoms with Crippen molar-refractivity contribution < 1.29 is 14.3 Å². The van der Waals surface area contributed by atoms with Crippen LogP contribution in [-0.2, 0) is 11.2 Å². The van der Waals surface area contributed by atoms with Crippen molar-refractivity contribution in [3.8, 4) is 5.75 Å². The van der Waals surface area contributed by atoms with Gasteiger partial charge in [-0.2, -0.15) is 0 Å². The Morgan fingerprint density at radius 1 is 1.29 bits per heavy atom. The zero-order valence-corrected chi connectivity index (χ0v) is 13.2. The molecule has 1 unspecified atom stereocenters. The normalized spacial score (nSPS) is 16.8. The molecule has 0 aromatic heterocycles. The zero-order valence-electron chi connectivity index (χ0n) is 11.6. The van der Waals surface area contributed by atoms with E-state index in [-0.39, 0.29) is 5.97 Å². The molecule has 1 heterocycles. The smallest absolute Gasteiger partial charge is 0.337 e. The van der Waals surface area contributed by atoms with E-state index in [1.165, 1.54) is 12.7 Å². The highest BCUT2D eigenvalue weighted by Gasteiger charge is 2.22. The Hall–Kier alpha value is -1.81. The third-order valence-corrected chi connectivity index (χ3v) is 4.20. The summed E-state index contributed by atoms with van der Waals surface area (Å²) in [7, 11) is 1.39. The monoisotopic (exact) mass is 346 g/mol. The number of fused-ring (bicyclic) bond motifs is 1. The summed E-state index contributed by atoms with van der Waals surface area (Å²) in [5.41, 5.74) is 2.85. The van der Waals surface area contributed by atoms with Crippen LogP contribution in [0.25, 0.3) is 0 Å². The van der Waals surface area contributed by atoms with Gasteiger partial charge in [-0.05, 0) is 47.9 Å². The van der Waals surface area contributed by atoms with Gasteiger partial charge in [0, 0.05) is 10.4 Å². The first-order valence-corrected chi connectivity index (χ1v) is 7.56. The van der Waals surface area contributed by atoms with Crippen LogP contribution in [-0.4, -0.2) is 19.7 Å². The molecule has 4 heteroatoms. The summed E-state index contributed by atoms with van der Waals surface area (Å²) < 4.78 is 11.7. The molecule has 1 aliphatic heterocycles. The van der Waals surface area contributed by atoms with Crippen LogP contribution in [0.15, 0.2) is 46.9 Å². The van der Waals surface area contributed by atoms with Crippen molar-refractivity contribution in [1.29, 1.82) is 0 Å². The highest BCUT2D eigenvalue weighted by atomic mass is 79.9. The van der Waals surface area contributed by atoms with Gasteiger partial charge < -0.3 is 9.47 Å². The molecule has 1 aliphatic rings. The number of hydrogen-bond donors (Lipinski definition) is 0. The summed E-state index contributed by atoms with van der Waals surface area (Å²) in [5.74, 6) is 0.833. The molecule has 1 atom stereocenters. The number of rotatable bonds is 2. The highest BCUT2D eigenvalue weighted by Crippen LogP contribution is 2.33. The van der Waals surface area contributed by atoms with Gasteiger partial charge in [-0.25, -0.2) is 4.79 Å². The second-order valence-electron chi connectivity index (χ2n) is 5.08. The fourth-order valence-corrected chi connectivity index (χ4v) is 3.03. The Morgan fingerprint density at radius 3 is 2.90 bits per heavy atom. The van der Waals surface area contributed by atoms with Crippen LogP contribution in [0, 0.1) is 0 Å². The first-order valence-electron chi connectivity index (χ1n) is 6.77. The lowest BCUT2D eigenvalue weighted by Crippen LogP contribution is -2.19. The van der Waals surface area contributed by atoms with Crippen molar-refractivity contribution in [2.24, 2.45) is 0 Å². The van der Waals surface area contributed by atoms with Gasteiger partial charge in [0.1, 0.15) is 5.75 Å². The van der Waals surface area contributed by atoms with Crippen LogP contribution >= 0.6 is 15.9 Å². The van der Waals surface area contributed by atoms with E-state index >= 15 is 0 Å². The number of benzene rings is 2. The molecule has 0 bridgehead atoms. The Kier molecular flexibility index (Phi) is 3.97. The lowest BCUT2D eigenvalue weighted by molar-refractivity contribution is 0.0600. The Labute approximate surface area is 132 Å². The highest BCUT2D eigenvalue weighted by molar-refractivity contribution is 9.10. The Morgan fingerprint density at radius 2 is 2.14 bits per heavy atom. The second kappa shape index (κ2) is 5.90. The summed E-state index contributed by atoms with van der Waals surface area (Å²) in [4.78, 5) is 11.6. The predicted molar refractivity (Wildman–Crippen MR) is 83.9 cm³/mol. The molecule has 0 radical (unpaired) electrons. The van der Waals surface area contributed by atoms with E-state index in [1.54, 1.807) is 6.07 Å². The summed E-state index contributed by atoms with van der Waals surface area (Å²) in [6.07, 6.45) is 0.858. The maximum atomic E-state index is 11.6. The number of hydrogen-bond acceptors (Lipinski definition) is 3. The van der Waals surface area contributed by atoms with Crippen molar-refractivity contribution in [2.45, 2.75) is 12.3 Å². The van der Waals surface area contributed by atoms with E-state index < -0.39 is 0 Å². The van der Waals surface area contributed by atoms with E-state index in [0.717, 1.165) is 22.2 Å². The van der Waals surface area contributed by atoms with Crippen molar-refractivity contribution in [3.05, 3.63) is 63.6 Å². The van der Waals surface area contributed by atoms with Crippen LogP contribution in [0.5, 0.6) is 5.75 Å². The van der Waals surface area contributed by atoms with Gasteiger partial charge in [-0.3, -0.25) is 0 Å². The maximum Gasteiger partial charge on any atom is 0.337 e. The van der Waals surface area contributed by atoms with Gasteiger partial charge >= 0.3 is 5.97 Å². The standard InChI is InChI=1S/C17H15BrO3/c1-20-17(19)12-5-6-16-13(7-12)8-14(10-21-16)11-3-2-4-15(18)9-11/h2-7,9,14H,8,10H2,1H3. The zero-order chi connectivity index (χ0) is 14.8. The van der Waals surface area contributed by atoms with Gasteiger partial charge in [-0.1, -0.05) is 28.1 Å². The minimum atomic E-state index is -0.317. The van der Waals surface area contributed by atoms with Crippen molar-refractivity contribution >= 4 is 21.9 Å². The molecule has 2 aromatic carbocycles. The van der Waals surface area contributed by atoms with Gasteiger partial charge in [0.05, 0.1) is 19.3 Å². The van der Waals surface area contributed by atoms with Gasteiger partial charge in [0.15, 0.2) is 0 Å². The average Bonchev–Trinajstić information content (AvgIpc) is 2.53. The van der Waals surface area contributed by atoms with Gasteiger partial charge in [0.2, 0.25) is 0 Å². The van der Waals surface area contributed by atoms with Crippen molar-refractivity contribution in [1.82, 2.24) is 0 Å². The molecular weight excluding hydrogens is 332 g/mol. The van der Waals surface area contributed by atoms with Crippen LogP contribution < -0.4 is 4.74 Å². The third kappa shape index (κ3) is 2.95. The fourth-order valence-electron chi connectivity index (χ4n) is 2.61. The lowest BCUT2D eigenvalue weighted by atomic mass is 9.90. The topological polar surface area (TPSA) is 35.5 Å². The SMILES string of the molecule is COC(=O)c1ccc2c(c1)CC(c1cccc(Br)c1)CO2. The quantitative estimate of drug-likeness (QED) is 0.772. The number of carbonyl (C=O) groups is 1. The molecule has 0 N–H and O–H groups in total. The van der Waals surface area contributed by atoms with Crippen LogP contribution in [0.3, 0.4) is 0 Å². The van der Waals surface area contributed by atoms with Crippen LogP contribution in [0.1, 0.15) is 27.4 Å². The van der Waals surface area contributed by atoms with Gasteiger partial charge in [-0.15, -0.1) is 0 Å². The summed E-state index contributed by atoms with van der Waals surface area (Å²) >= 11 is 3.50. The molecule has 0 saturated heterocycles. The fraction of sp³-hybridized carbons (Fsp3) is 0.235. The first-order chi connectivity index (χ1) is 10.2. The molecule has 2 aromatic rings. The molecule has 3 rings (SSSR count). The largest absolute Gasteiger partial charge is 0.493 e. The number of carbonyl (C=O) groups excluding carboxylic acids is 1. The minimum Gasteiger partial charge on any atom is -0.493 e. The molecule has 3 nitrogen and oxygen atoms in total. The number of methoxy groups -OCH3 is 1. The molecule has 0 aliphatic carbocycles. The van der Waals surface area contributed by atoms with Crippen molar-refractivity contribution in [2.75, 3.05) is 13.7 Å². The molecule has 0 amide bonds. The third-order valence-electron chi connectivity index (χ3n) is 3.71. The van der Waals surface area contributed by atoms with Crippen molar-refractivity contribution in [3.63, 3.8) is 0 Å². The molecule has 108 valence electrons. The summed E-state index contributed by atoms with van der Waals surface area (Å²) in [6, 6.07) is 13.7. The van der Waals surface area contributed by atoms with E-state index in [1.807, 2.05) is 24.3 Å². The average molecular weight is 347 g/mol. The number of esters is 1. The molecule has 21 heavy (non-hydrogen) atoms. The van der Waals surface area contributed by atoms with E-state index in [9.17, 15) is 4.79 Å². The van der Waals surface area contributed by atoms with E-state index in [2.05, 4.69) is 28.1 Å². The molecular formula is C17H15BrO3. The Bertz CT molecular complexity index is 681. The first kappa shape index (κ1) is 14.1. The maximum absolute atomic E-state index is 11.6. The number of ether oxygens (including phenoxy) is 2. The van der Waals surface area contributed by atoms with Gasteiger partial charge in [0.25, 0.3) is 0 Å². The predicted octanol–water partition coefficient (Wildman–Crippen LogP) is 3.95.